The number of aromatic amines is 1. The number of H-pyrrole nitrogens is 1. The molecule has 3 heteroatoms. The molecule has 0 unspecified atom stereocenters. The van der Waals surface area contributed by atoms with Gasteiger partial charge in [-0.25, -0.2) is 0 Å². The van der Waals surface area contributed by atoms with E-state index in [2.05, 4.69) is 4.98 Å². The molecule has 1 nitrogen and oxygen atoms in total. The van der Waals surface area contributed by atoms with E-state index in [9.17, 15) is 0 Å². The van der Waals surface area contributed by atoms with E-state index in [1.54, 1.807) is 6.20 Å². The van der Waals surface area contributed by atoms with Crippen LogP contribution in [-0.4, -0.2) is 4.98 Å². The molecule has 62 valence electrons. The Hall–Kier alpha value is -0.660. The Labute approximate surface area is 80.3 Å². The number of aromatic nitrogens is 1. The van der Waals surface area contributed by atoms with Crippen LogP contribution in [0.15, 0.2) is 18.3 Å². The van der Waals surface area contributed by atoms with Crippen molar-refractivity contribution in [3.63, 3.8) is 0 Å². The number of hydrogen-bond donors (Lipinski definition) is 1. The lowest BCUT2D eigenvalue weighted by Gasteiger charge is -1.98. The number of fused-ring (bicyclic) bond motifs is 1. The molecule has 1 aromatic carbocycles. The van der Waals surface area contributed by atoms with Crippen LogP contribution in [0.5, 0.6) is 0 Å². The second kappa shape index (κ2) is 2.68. The largest absolute Gasteiger partial charge is 0.359 e. The van der Waals surface area contributed by atoms with E-state index in [0.717, 1.165) is 21.5 Å². The zero-order valence-electron chi connectivity index (χ0n) is 6.49. The van der Waals surface area contributed by atoms with E-state index < -0.39 is 0 Å². The van der Waals surface area contributed by atoms with Crippen LogP contribution < -0.4 is 0 Å². The average Bonchev–Trinajstić information content (AvgIpc) is 2.41. The third-order valence-corrected chi connectivity index (χ3v) is 2.74. The van der Waals surface area contributed by atoms with Crippen molar-refractivity contribution in [2.75, 3.05) is 0 Å². The summed E-state index contributed by atoms with van der Waals surface area (Å²) in [4.78, 5) is 3.03. The van der Waals surface area contributed by atoms with E-state index in [4.69, 9.17) is 23.2 Å². The summed E-state index contributed by atoms with van der Waals surface area (Å²) in [6.45, 7) is 1.97. The Morgan fingerprint density at radius 1 is 1.25 bits per heavy atom. The predicted octanol–water partition coefficient (Wildman–Crippen LogP) is 3.78. The second-order valence-electron chi connectivity index (χ2n) is 2.76. The lowest BCUT2D eigenvalue weighted by molar-refractivity contribution is 1.44. The summed E-state index contributed by atoms with van der Waals surface area (Å²) in [6.07, 6.45) is 1.75. The summed E-state index contributed by atoms with van der Waals surface area (Å²) >= 11 is 12.0. The summed E-state index contributed by atoms with van der Waals surface area (Å²) in [5.41, 5.74) is 1.98. The zero-order chi connectivity index (χ0) is 8.72. The molecule has 0 saturated heterocycles. The van der Waals surface area contributed by atoms with Crippen molar-refractivity contribution in [1.82, 2.24) is 4.98 Å². The molecule has 0 aliphatic rings. The van der Waals surface area contributed by atoms with E-state index in [0.29, 0.717) is 5.02 Å². The van der Waals surface area contributed by atoms with Gasteiger partial charge in [0.1, 0.15) is 0 Å². The minimum Gasteiger partial charge on any atom is -0.359 e. The molecule has 0 aliphatic carbocycles. The summed E-state index contributed by atoms with van der Waals surface area (Å²) in [5, 5.41) is 2.44. The Morgan fingerprint density at radius 3 is 2.75 bits per heavy atom. The summed E-state index contributed by atoms with van der Waals surface area (Å²) in [5.74, 6) is 0. The second-order valence-corrected chi connectivity index (χ2v) is 3.54. The van der Waals surface area contributed by atoms with Gasteiger partial charge in [-0.2, -0.15) is 0 Å². The Kier molecular flexibility index (Phi) is 1.78. The number of hydrogen-bond acceptors (Lipinski definition) is 0. The molecule has 0 aliphatic heterocycles. The Balaban J connectivity index is 2.93. The average molecular weight is 200 g/mol. The van der Waals surface area contributed by atoms with Gasteiger partial charge in [-0.1, -0.05) is 35.3 Å². The van der Waals surface area contributed by atoms with Gasteiger partial charge in [0.05, 0.1) is 15.6 Å². The summed E-state index contributed by atoms with van der Waals surface area (Å²) < 4.78 is 0. The van der Waals surface area contributed by atoms with Crippen molar-refractivity contribution in [3.05, 3.63) is 33.9 Å². The van der Waals surface area contributed by atoms with Gasteiger partial charge < -0.3 is 4.98 Å². The first kappa shape index (κ1) is 7.96. The SMILES string of the molecule is Cc1ccc2c(Cl)c[nH]c2c1Cl. The molecule has 0 bridgehead atoms. The van der Waals surface area contributed by atoms with E-state index >= 15 is 0 Å². The first-order chi connectivity index (χ1) is 5.70. The quantitative estimate of drug-likeness (QED) is 0.665. The first-order valence-corrected chi connectivity index (χ1v) is 4.37. The molecule has 0 amide bonds. The predicted molar refractivity (Wildman–Crippen MR) is 53.1 cm³/mol. The fraction of sp³-hybridized carbons (Fsp3) is 0.111. The van der Waals surface area contributed by atoms with Gasteiger partial charge in [0.15, 0.2) is 0 Å². The van der Waals surface area contributed by atoms with E-state index in [1.165, 1.54) is 0 Å². The van der Waals surface area contributed by atoms with Gasteiger partial charge >= 0.3 is 0 Å². The molecule has 2 aromatic rings. The van der Waals surface area contributed by atoms with E-state index in [-0.39, 0.29) is 0 Å². The Morgan fingerprint density at radius 2 is 2.00 bits per heavy atom. The molecule has 2 rings (SSSR count). The third kappa shape index (κ3) is 1.01. The maximum atomic E-state index is 6.05. The molecule has 1 N–H and O–H groups in total. The molecule has 0 radical (unpaired) electrons. The standard InChI is InChI=1S/C9H7Cl2N/c1-5-2-3-6-7(10)4-12-9(6)8(5)11/h2-4,12H,1H3. The number of nitrogens with one attached hydrogen (secondary N) is 1. The molecule has 0 spiro atoms. The molecular formula is C9H7Cl2N. The van der Waals surface area contributed by atoms with Crippen molar-refractivity contribution in [3.8, 4) is 0 Å². The van der Waals surface area contributed by atoms with Crippen LogP contribution in [0.3, 0.4) is 0 Å². The zero-order valence-corrected chi connectivity index (χ0v) is 8.00. The maximum absolute atomic E-state index is 6.05. The van der Waals surface area contributed by atoms with E-state index in [1.807, 2.05) is 19.1 Å². The number of aryl methyl sites for hydroxylation is 1. The van der Waals surface area contributed by atoms with Gasteiger partial charge in [-0.15, -0.1) is 0 Å². The molecular weight excluding hydrogens is 193 g/mol. The van der Waals surface area contributed by atoms with Gasteiger partial charge in [0, 0.05) is 11.6 Å². The van der Waals surface area contributed by atoms with Crippen molar-refractivity contribution in [2.45, 2.75) is 6.92 Å². The molecule has 0 saturated carbocycles. The highest BCUT2D eigenvalue weighted by Crippen LogP contribution is 2.30. The highest BCUT2D eigenvalue weighted by Gasteiger charge is 2.05. The molecule has 0 atom stereocenters. The lowest BCUT2D eigenvalue weighted by Crippen LogP contribution is -1.76. The molecule has 0 fully saturated rings. The normalized spacial score (nSPS) is 10.9. The smallest absolute Gasteiger partial charge is 0.0676 e. The van der Waals surface area contributed by atoms with Crippen LogP contribution in [0.2, 0.25) is 10.0 Å². The van der Waals surface area contributed by atoms with Crippen LogP contribution in [0, 0.1) is 6.92 Å². The molecule has 12 heavy (non-hydrogen) atoms. The van der Waals surface area contributed by atoms with Gasteiger partial charge in [-0.3, -0.25) is 0 Å². The molecule has 1 aromatic heterocycles. The minimum absolute atomic E-state index is 0.715. The van der Waals surface area contributed by atoms with Gasteiger partial charge in [-0.05, 0) is 12.5 Å². The van der Waals surface area contributed by atoms with Crippen molar-refractivity contribution in [1.29, 1.82) is 0 Å². The summed E-state index contributed by atoms with van der Waals surface area (Å²) in [6, 6.07) is 3.93. The van der Waals surface area contributed by atoms with Crippen LogP contribution in [0.1, 0.15) is 5.56 Å². The maximum Gasteiger partial charge on any atom is 0.0676 e. The van der Waals surface area contributed by atoms with Crippen molar-refractivity contribution >= 4 is 34.1 Å². The first-order valence-electron chi connectivity index (χ1n) is 3.62. The van der Waals surface area contributed by atoms with Crippen LogP contribution in [-0.2, 0) is 0 Å². The van der Waals surface area contributed by atoms with Gasteiger partial charge in [0.2, 0.25) is 0 Å². The highest BCUT2D eigenvalue weighted by molar-refractivity contribution is 6.39. The minimum atomic E-state index is 0.715. The third-order valence-electron chi connectivity index (χ3n) is 1.94. The van der Waals surface area contributed by atoms with Crippen LogP contribution in [0.4, 0.5) is 0 Å². The van der Waals surface area contributed by atoms with Crippen LogP contribution >= 0.6 is 23.2 Å². The van der Waals surface area contributed by atoms with Crippen LogP contribution in [0.25, 0.3) is 10.9 Å². The topological polar surface area (TPSA) is 15.8 Å². The highest BCUT2D eigenvalue weighted by atomic mass is 35.5. The molecule has 1 heterocycles. The lowest BCUT2D eigenvalue weighted by atomic mass is 10.2. The monoisotopic (exact) mass is 199 g/mol. The fourth-order valence-electron chi connectivity index (χ4n) is 1.23. The van der Waals surface area contributed by atoms with Crippen molar-refractivity contribution < 1.29 is 0 Å². The fourth-order valence-corrected chi connectivity index (χ4v) is 1.67. The number of halogens is 2. The Bertz CT molecular complexity index is 431. The van der Waals surface area contributed by atoms with Gasteiger partial charge in [0.25, 0.3) is 0 Å². The number of benzene rings is 1. The number of rotatable bonds is 0. The van der Waals surface area contributed by atoms with Crippen molar-refractivity contribution in [2.24, 2.45) is 0 Å². The summed E-state index contributed by atoms with van der Waals surface area (Å²) in [7, 11) is 0.